The highest BCUT2D eigenvalue weighted by Gasteiger charge is 2.16. The Morgan fingerprint density at radius 2 is 1.94 bits per heavy atom. The Morgan fingerprint density at radius 1 is 1.18 bits per heavy atom. The number of nitrogens with zero attached hydrogens (tertiary/aromatic N) is 2. The average Bonchev–Trinajstić information content (AvgIpc) is 2.56. The van der Waals surface area contributed by atoms with Crippen LogP contribution >= 0.6 is 0 Å². The molecule has 0 aromatic carbocycles. The molecule has 1 heterocycles. The molecule has 1 aliphatic carbocycles. The van der Waals surface area contributed by atoms with E-state index in [9.17, 15) is 0 Å². The van der Waals surface area contributed by atoms with Crippen molar-refractivity contribution in [3.63, 3.8) is 0 Å². The molecule has 4 heteroatoms. The van der Waals surface area contributed by atoms with Gasteiger partial charge in [-0.1, -0.05) is 19.8 Å². The van der Waals surface area contributed by atoms with Gasteiger partial charge in [0.25, 0.3) is 0 Å². The van der Waals surface area contributed by atoms with E-state index < -0.39 is 0 Å². The zero-order valence-corrected chi connectivity index (χ0v) is 10.6. The topological polar surface area (TPSA) is 47.0 Å². The van der Waals surface area contributed by atoms with E-state index in [1.807, 2.05) is 0 Å². The largest absolute Gasteiger partial charge is 0.494 e. The maximum Gasteiger partial charge on any atom is 0.223 e. The van der Waals surface area contributed by atoms with Crippen LogP contribution in [0.5, 0.6) is 5.75 Å². The molecule has 0 saturated heterocycles. The van der Waals surface area contributed by atoms with Crippen molar-refractivity contribution < 1.29 is 4.74 Å². The Kier molecular flexibility index (Phi) is 4.18. The number of aromatic nitrogens is 2. The summed E-state index contributed by atoms with van der Waals surface area (Å²) in [6, 6.07) is 0.522. The van der Waals surface area contributed by atoms with Gasteiger partial charge in [-0.25, -0.2) is 9.97 Å². The summed E-state index contributed by atoms with van der Waals surface area (Å²) in [7, 11) is 1.62. The zero-order valence-electron chi connectivity index (χ0n) is 10.6. The van der Waals surface area contributed by atoms with E-state index in [4.69, 9.17) is 4.74 Å². The number of hydrogen-bond donors (Lipinski definition) is 1. The van der Waals surface area contributed by atoms with Crippen LogP contribution in [-0.2, 0) is 0 Å². The molecular formula is C13H21N3O. The second-order valence-corrected chi connectivity index (χ2v) is 4.90. The van der Waals surface area contributed by atoms with Crippen LogP contribution in [0.4, 0.5) is 5.95 Å². The monoisotopic (exact) mass is 235 g/mol. The number of hydrogen-bond acceptors (Lipinski definition) is 4. The molecule has 0 amide bonds. The van der Waals surface area contributed by atoms with Gasteiger partial charge < -0.3 is 10.1 Å². The number of rotatable bonds is 3. The lowest BCUT2D eigenvalue weighted by atomic mass is 10.0. The third kappa shape index (κ3) is 3.58. The SMILES string of the molecule is COc1cnc(NC2CCCC(C)CC2)nc1. The second kappa shape index (κ2) is 5.84. The Bertz CT molecular complexity index is 339. The highest BCUT2D eigenvalue weighted by Crippen LogP contribution is 2.24. The minimum atomic E-state index is 0.522. The molecule has 2 unspecified atom stereocenters. The third-order valence-electron chi connectivity index (χ3n) is 3.45. The lowest BCUT2D eigenvalue weighted by molar-refractivity contribution is 0.410. The molecule has 1 aliphatic rings. The van der Waals surface area contributed by atoms with Gasteiger partial charge in [-0.15, -0.1) is 0 Å². The van der Waals surface area contributed by atoms with E-state index >= 15 is 0 Å². The number of anilines is 1. The number of methoxy groups -OCH3 is 1. The molecule has 2 atom stereocenters. The predicted molar refractivity (Wildman–Crippen MR) is 68.2 cm³/mol. The average molecular weight is 235 g/mol. The summed E-state index contributed by atoms with van der Waals surface area (Å²) in [5, 5.41) is 3.41. The van der Waals surface area contributed by atoms with Gasteiger partial charge in [-0.2, -0.15) is 0 Å². The van der Waals surface area contributed by atoms with Crippen molar-refractivity contribution in [1.82, 2.24) is 9.97 Å². The zero-order chi connectivity index (χ0) is 12.1. The van der Waals surface area contributed by atoms with Gasteiger partial charge in [0.1, 0.15) is 0 Å². The first kappa shape index (κ1) is 12.1. The van der Waals surface area contributed by atoms with Gasteiger partial charge >= 0.3 is 0 Å². The molecular weight excluding hydrogens is 214 g/mol. The first-order chi connectivity index (χ1) is 8.28. The fourth-order valence-electron chi connectivity index (χ4n) is 2.31. The molecule has 1 fully saturated rings. The molecule has 0 radical (unpaired) electrons. The van der Waals surface area contributed by atoms with E-state index in [-0.39, 0.29) is 0 Å². The minimum Gasteiger partial charge on any atom is -0.494 e. The van der Waals surface area contributed by atoms with Crippen LogP contribution in [0.15, 0.2) is 12.4 Å². The molecule has 1 aromatic heterocycles. The smallest absolute Gasteiger partial charge is 0.223 e. The van der Waals surface area contributed by atoms with E-state index in [1.165, 1.54) is 32.1 Å². The van der Waals surface area contributed by atoms with Crippen molar-refractivity contribution in [2.45, 2.75) is 45.1 Å². The molecule has 94 valence electrons. The van der Waals surface area contributed by atoms with Crippen LogP contribution in [-0.4, -0.2) is 23.1 Å². The van der Waals surface area contributed by atoms with Gasteiger partial charge in [0.2, 0.25) is 5.95 Å². The maximum atomic E-state index is 5.04. The van der Waals surface area contributed by atoms with E-state index in [1.54, 1.807) is 19.5 Å². The van der Waals surface area contributed by atoms with Crippen molar-refractivity contribution in [2.24, 2.45) is 5.92 Å². The molecule has 1 N–H and O–H groups in total. The van der Waals surface area contributed by atoms with E-state index in [0.717, 1.165) is 5.92 Å². The molecule has 4 nitrogen and oxygen atoms in total. The lowest BCUT2D eigenvalue weighted by Crippen LogP contribution is -2.19. The van der Waals surface area contributed by atoms with Gasteiger partial charge in [0.05, 0.1) is 19.5 Å². The second-order valence-electron chi connectivity index (χ2n) is 4.90. The molecule has 0 bridgehead atoms. The lowest BCUT2D eigenvalue weighted by Gasteiger charge is -2.16. The Hall–Kier alpha value is -1.32. The van der Waals surface area contributed by atoms with Crippen molar-refractivity contribution in [1.29, 1.82) is 0 Å². The Balaban J connectivity index is 1.90. The van der Waals surface area contributed by atoms with Gasteiger partial charge in [0, 0.05) is 6.04 Å². The molecule has 0 spiro atoms. The quantitative estimate of drug-likeness (QED) is 0.818. The molecule has 1 saturated carbocycles. The van der Waals surface area contributed by atoms with Gasteiger partial charge in [-0.05, 0) is 25.2 Å². The van der Waals surface area contributed by atoms with Crippen LogP contribution in [0, 0.1) is 5.92 Å². The summed E-state index contributed by atoms with van der Waals surface area (Å²) in [5.41, 5.74) is 0. The van der Waals surface area contributed by atoms with E-state index in [2.05, 4.69) is 22.2 Å². The van der Waals surface area contributed by atoms with E-state index in [0.29, 0.717) is 17.7 Å². The van der Waals surface area contributed by atoms with Crippen LogP contribution in [0.1, 0.15) is 39.0 Å². The number of nitrogens with one attached hydrogen (secondary N) is 1. The van der Waals surface area contributed by atoms with Crippen molar-refractivity contribution in [3.8, 4) is 5.75 Å². The highest BCUT2D eigenvalue weighted by atomic mass is 16.5. The molecule has 17 heavy (non-hydrogen) atoms. The molecule has 1 aromatic rings. The summed E-state index contributed by atoms with van der Waals surface area (Å²) in [6.07, 6.45) is 9.80. The third-order valence-corrected chi connectivity index (χ3v) is 3.45. The summed E-state index contributed by atoms with van der Waals surface area (Å²) in [4.78, 5) is 8.49. The van der Waals surface area contributed by atoms with Gasteiger partial charge in [-0.3, -0.25) is 0 Å². The Morgan fingerprint density at radius 3 is 2.65 bits per heavy atom. The fourth-order valence-corrected chi connectivity index (χ4v) is 2.31. The first-order valence-corrected chi connectivity index (χ1v) is 6.40. The normalized spacial score (nSPS) is 25.1. The summed E-state index contributed by atoms with van der Waals surface area (Å²) >= 11 is 0. The molecule has 2 rings (SSSR count). The van der Waals surface area contributed by atoms with Crippen LogP contribution < -0.4 is 10.1 Å². The minimum absolute atomic E-state index is 0.522. The number of ether oxygens (including phenoxy) is 1. The fraction of sp³-hybridized carbons (Fsp3) is 0.692. The van der Waals surface area contributed by atoms with Crippen LogP contribution in [0.25, 0.3) is 0 Å². The predicted octanol–water partition coefficient (Wildman–Crippen LogP) is 2.87. The highest BCUT2D eigenvalue weighted by molar-refractivity contribution is 5.28. The van der Waals surface area contributed by atoms with Crippen molar-refractivity contribution in [2.75, 3.05) is 12.4 Å². The maximum absolute atomic E-state index is 5.04. The van der Waals surface area contributed by atoms with Crippen molar-refractivity contribution in [3.05, 3.63) is 12.4 Å². The first-order valence-electron chi connectivity index (χ1n) is 6.40. The van der Waals surface area contributed by atoms with Crippen LogP contribution in [0.3, 0.4) is 0 Å². The molecule has 0 aliphatic heterocycles. The summed E-state index contributed by atoms with van der Waals surface area (Å²) < 4.78 is 5.04. The summed E-state index contributed by atoms with van der Waals surface area (Å²) in [6.45, 7) is 2.34. The van der Waals surface area contributed by atoms with Crippen molar-refractivity contribution >= 4 is 5.95 Å². The Labute approximate surface area is 103 Å². The standard InChI is InChI=1S/C13H21N3O/c1-10-4-3-5-11(7-6-10)16-13-14-8-12(17-2)9-15-13/h8-11H,3-7H2,1-2H3,(H,14,15,16). The summed E-state index contributed by atoms with van der Waals surface area (Å²) in [5.74, 6) is 2.27. The van der Waals surface area contributed by atoms with Gasteiger partial charge in [0.15, 0.2) is 5.75 Å². The van der Waals surface area contributed by atoms with Crippen LogP contribution in [0.2, 0.25) is 0 Å².